The Hall–Kier alpha value is -1.91. The molecule has 0 spiro atoms. The largest absolute Gasteiger partial charge is 0.382 e. The molecule has 1 saturated carbocycles. The molecule has 1 aliphatic rings. The molecule has 0 radical (unpaired) electrons. The van der Waals surface area contributed by atoms with Crippen molar-refractivity contribution in [1.82, 2.24) is 9.97 Å². The second kappa shape index (κ2) is 4.40. The molecule has 3 rings (SSSR count). The summed E-state index contributed by atoms with van der Waals surface area (Å²) >= 11 is 0. The number of benzene rings is 1. The smallest absolute Gasteiger partial charge is 0.261 e. The summed E-state index contributed by atoms with van der Waals surface area (Å²) in [5, 5.41) is 3.32. The van der Waals surface area contributed by atoms with E-state index in [2.05, 4.69) is 15.3 Å². The number of rotatable bonds is 2. The van der Waals surface area contributed by atoms with Crippen molar-refractivity contribution in [2.24, 2.45) is 0 Å². The van der Waals surface area contributed by atoms with E-state index in [1.807, 2.05) is 0 Å². The summed E-state index contributed by atoms with van der Waals surface area (Å²) in [6.45, 7) is 0. The van der Waals surface area contributed by atoms with Crippen molar-refractivity contribution < 1.29 is 4.39 Å². The topological polar surface area (TPSA) is 57.8 Å². The van der Waals surface area contributed by atoms with Crippen molar-refractivity contribution >= 4 is 16.6 Å². The van der Waals surface area contributed by atoms with Crippen LogP contribution < -0.4 is 10.9 Å². The summed E-state index contributed by atoms with van der Waals surface area (Å²) in [4.78, 5) is 17.9. The number of aromatic nitrogens is 2. The molecule has 94 valence electrons. The molecular weight excluding hydrogens is 233 g/mol. The number of hydrogen-bond acceptors (Lipinski definition) is 3. The third-order valence-corrected chi connectivity index (χ3v) is 3.42. The highest BCUT2D eigenvalue weighted by Crippen LogP contribution is 2.24. The second-order valence-corrected chi connectivity index (χ2v) is 4.71. The standard InChI is InChI=1S/C13H14FN3O/c14-10-5-9(17-8-3-1-2-4-8)6-11-12(10)13(18)16-7-15-11/h5-8,17H,1-4H2,(H,15,16,18). The number of nitrogens with one attached hydrogen (secondary N) is 2. The number of H-pyrrole nitrogens is 1. The van der Waals surface area contributed by atoms with Crippen LogP contribution in [0.5, 0.6) is 0 Å². The van der Waals surface area contributed by atoms with Crippen molar-refractivity contribution in [3.05, 3.63) is 34.6 Å². The zero-order valence-corrected chi connectivity index (χ0v) is 9.87. The van der Waals surface area contributed by atoms with Gasteiger partial charge in [-0.05, 0) is 25.0 Å². The van der Waals surface area contributed by atoms with Gasteiger partial charge in [0, 0.05) is 11.7 Å². The van der Waals surface area contributed by atoms with Crippen molar-refractivity contribution in [1.29, 1.82) is 0 Å². The predicted octanol–water partition coefficient (Wildman–Crippen LogP) is 2.42. The number of anilines is 1. The van der Waals surface area contributed by atoms with Gasteiger partial charge in [0.2, 0.25) is 0 Å². The van der Waals surface area contributed by atoms with E-state index in [0.717, 1.165) is 12.8 Å². The Morgan fingerprint density at radius 2 is 2.11 bits per heavy atom. The van der Waals surface area contributed by atoms with E-state index in [1.165, 1.54) is 25.2 Å². The van der Waals surface area contributed by atoms with Crippen LogP contribution in [-0.2, 0) is 0 Å². The first-order chi connectivity index (χ1) is 8.74. The van der Waals surface area contributed by atoms with Crippen molar-refractivity contribution in [2.45, 2.75) is 31.7 Å². The van der Waals surface area contributed by atoms with Crippen LogP contribution in [0.25, 0.3) is 10.9 Å². The van der Waals surface area contributed by atoms with Crippen LogP contribution in [0.3, 0.4) is 0 Å². The summed E-state index contributed by atoms with van der Waals surface area (Å²) in [7, 11) is 0. The van der Waals surface area contributed by atoms with Gasteiger partial charge in [-0.2, -0.15) is 0 Å². The lowest BCUT2D eigenvalue weighted by atomic mass is 10.2. The number of hydrogen-bond donors (Lipinski definition) is 2. The van der Waals surface area contributed by atoms with Crippen molar-refractivity contribution in [3.63, 3.8) is 0 Å². The highest BCUT2D eigenvalue weighted by atomic mass is 19.1. The van der Waals surface area contributed by atoms with Gasteiger partial charge in [0.25, 0.3) is 5.56 Å². The molecule has 1 aromatic carbocycles. The lowest BCUT2D eigenvalue weighted by Gasteiger charge is -2.13. The van der Waals surface area contributed by atoms with Crippen molar-refractivity contribution in [2.75, 3.05) is 5.32 Å². The molecule has 0 atom stereocenters. The molecule has 0 bridgehead atoms. The Bertz CT molecular complexity index is 632. The molecule has 0 saturated heterocycles. The SMILES string of the molecule is O=c1[nH]cnc2cc(NC3CCCC3)cc(F)c12. The van der Waals surface area contributed by atoms with Gasteiger partial charge in [-0.15, -0.1) is 0 Å². The summed E-state index contributed by atoms with van der Waals surface area (Å²) in [5.41, 5.74) is 0.647. The molecular formula is C13H14FN3O. The van der Waals surface area contributed by atoms with Gasteiger partial charge < -0.3 is 10.3 Å². The fraction of sp³-hybridized carbons (Fsp3) is 0.385. The molecule has 1 aliphatic carbocycles. The number of nitrogens with zero attached hydrogens (tertiary/aromatic N) is 1. The first kappa shape index (κ1) is 11.2. The average Bonchev–Trinajstić information content (AvgIpc) is 2.81. The van der Waals surface area contributed by atoms with E-state index in [0.29, 0.717) is 17.2 Å². The van der Waals surface area contributed by atoms with Gasteiger partial charge in [-0.3, -0.25) is 4.79 Å². The van der Waals surface area contributed by atoms with Crippen LogP contribution in [-0.4, -0.2) is 16.0 Å². The maximum Gasteiger partial charge on any atom is 0.261 e. The van der Waals surface area contributed by atoms with E-state index in [-0.39, 0.29) is 5.39 Å². The van der Waals surface area contributed by atoms with Crippen LogP contribution in [0, 0.1) is 5.82 Å². The molecule has 0 aliphatic heterocycles. The molecule has 2 N–H and O–H groups in total. The molecule has 18 heavy (non-hydrogen) atoms. The van der Waals surface area contributed by atoms with Crippen LogP contribution in [0.15, 0.2) is 23.3 Å². The summed E-state index contributed by atoms with van der Waals surface area (Å²) in [6.07, 6.45) is 5.95. The Morgan fingerprint density at radius 1 is 1.33 bits per heavy atom. The summed E-state index contributed by atoms with van der Waals surface area (Å²) in [6, 6.07) is 3.51. The first-order valence-corrected chi connectivity index (χ1v) is 6.17. The molecule has 2 aromatic rings. The Kier molecular flexibility index (Phi) is 2.74. The number of fused-ring (bicyclic) bond motifs is 1. The zero-order chi connectivity index (χ0) is 12.5. The van der Waals surface area contributed by atoms with Crippen molar-refractivity contribution in [3.8, 4) is 0 Å². The van der Waals surface area contributed by atoms with Gasteiger partial charge >= 0.3 is 0 Å². The summed E-state index contributed by atoms with van der Waals surface area (Å²) < 4.78 is 13.9. The zero-order valence-electron chi connectivity index (χ0n) is 9.87. The quantitative estimate of drug-likeness (QED) is 0.856. The fourth-order valence-corrected chi connectivity index (χ4v) is 2.54. The normalized spacial score (nSPS) is 16.3. The van der Waals surface area contributed by atoms with Crippen LogP contribution >= 0.6 is 0 Å². The van der Waals surface area contributed by atoms with Gasteiger partial charge in [0.1, 0.15) is 11.2 Å². The van der Waals surface area contributed by atoms with Crippen LogP contribution in [0.2, 0.25) is 0 Å². The average molecular weight is 247 g/mol. The maximum absolute atomic E-state index is 13.9. The Labute approximate surface area is 103 Å². The highest BCUT2D eigenvalue weighted by Gasteiger charge is 2.16. The third-order valence-electron chi connectivity index (χ3n) is 3.42. The minimum absolute atomic E-state index is 0.0227. The van der Waals surface area contributed by atoms with E-state index >= 15 is 0 Å². The Balaban J connectivity index is 2.01. The molecule has 4 nitrogen and oxygen atoms in total. The molecule has 1 fully saturated rings. The van der Waals surface area contributed by atoms with Gasteiger partial charge in [-0.1, -0.05) is 12.8 Å². The van der Waals surface area contributed by atoms with Gasteiger partial charge in [0.15, 0.2) is 0 Å². The van der Waals surface area contributed by atoms with E-state index in [1.54, 1.807) is 6.07 Å². The predicted molar refractivity (Wildman–Crippen MR) is 68.2 cm³/mol. The molecule has 1 heterocycles. The number of halogens is 1. The molecule has 5 heteroatoms. The first-order valence-electron chi connectivity index (χ1n) is 6.17. The third kappa shape index (κ3) is 1.96. The van der Waals surface area contributed by atoms with Crippen LogP contribution in [0.4, 0.5) is 10.1 Å². The van der Waals surface area contributed by atoms with Gasteiger partial charge in [0.05, 0.1) is 11.8 Å². The van der Waals surface area contributed by atoms with E-state index in [4.69, 9.17) is 0 Å². The van der Waals surface area contributed by atoms with E-state index < -0.39 is 11.4 Å². The van der Waals surface area contributed by atoms with E-state index in [9.17, 15) is 9.18 Å². The highest BCUT2D eigenvalue weighted by molar-refractivity contribution is 5.81. The molecule has 0 amide bonds. The fourth-order valence-electron chi connectivity index (χ4n) is 2.54. The maximum atomic E-state index is 13.9. The lowest BCUT2D eigenvalue weighted by Crippen LogP contribution is -2.15. The minimum Gasteiger partial charge on any atom is -0.382 e. The van der Waals surface area contributed by atoms with Gasteiger partial charge in [-0.25, -0.2) is 9.37 Å². The number of aromatic amines is 1. The molecule has 1 aromatic heterocycles. The summed E-state index contributed by atoms with van der Waals surface area (Å²) in [5.74, 6) is -0.526. The lowest BCUT2D eigenvalue weighted by molar-refractivity contribution is 0.637. The monoisotopic (exact) mass is 247 g/mol. The Morgan fingerprint density at radius 3 is 2.89 bits per heavy atom. The minimum atomic E-state index is -0.526. The molecule has 0 unspecified atom stereocenters. The van der Waals surface area contributed by atoms with Crippen LogP contribution in [0.1, 0.15) is 25.7 Å². The second-order valence-electron chi connectivity index (χ2n) is 4.71.